The van der Waals surface area contributed by atoms with Crippen molar-refractivity contribution in [1.82, 2.24) is 29.3 Å². The summed E-state index contributed by atoms with van der Waals surface area (Å²) in [7, 11) is 7.36. The SMILES string of the molecule is Cc1ncsc1C(=O)Nc1cn(C)c(C(=O)Nc2cc(C(=O)NCCCN(C)C)n(C)c2)n1. The smallest absolute Gasteiger partial charge is 0.291 e. The van der Waals surface area contributed by atoms with E-state index in [0.29, 0.717) is 28.5 Å². The molecule has 0 atom stereocenters. The van der Waals surface area contributed by atoms with Crippen molar-refractivity contribution < 1.29 is 14.4 Å². The summed E-state index contributed by atoms with van der Waals surface area (Å²) in [6.07, 6.45) is 4.05. The van der Waals surface area contributed by atoms with Crippen LogP contribution in [0.15, 0.2) is 24.0 Å². The number of hydrogen-bond acceptors (Lipinski definition) is 7. The Hall–Kier alpha value is -3.51. The molecule has 3 heterocycles. The van der Waals surface area contributed by atoms with Crippen molar-refractivity contribution in [3.05, 3.63) is 46.1 Å². The van der Waals surface area contributed by atoms with Gasteiger partial charge in [0.15, 0.2) is 5.82 Å². The van der Waals surface area contributed by atoms with Crippen molar-refractivity contribution in [2.75, 3.05) is 37.8 Å². The van der Waals surface area contributed by atoms with Crippen LogP contribution < -0.4 is 16.0 Å². The van der Waals surface area contributed by atoms with Gasteiger partial charge in [0.2, 0.25) is 5.82 Å². The largest absolute Gasteiger partial charge is 0.351 e. The van der Waals surface area contributed by atoms with Gasteiger partial charge < -0.3 is 30.0 Å². The number of carbonyl (C=O) groups excluding carboxylic acids is 3. The highest BCUT2D eigenvalue weighted by atomic mass is 32.1. The zero-order valence-electron chi connectivity index (χ0n) is 19.3. The van der Waals surface area contributed by atoms with E-state index in [1.807, 2.05) is 14.1 Å². The zero-order chi connectivity index (χ0) is 24.1. The van der Waals surface area contributed by atoms with Gasteiger partial charge in [0, 0.05) is 33.0 Å². The summed E-state index contributed by atoms with van der Waals surface area (Å²) in [5.74, 6) is -0.631. The number of aromatic nitrogens is 4. The normalized spacial score (nSPS) is 11.0. The molecule has 3 N–H and O–H groups in total. The molecule has 11 nitrogen and oxygen atoms in total. The molecule has 0 radical (unpaired) electrons. The Morgan fingerprint density at radius 3 is 2.48 bits per heavy atom. The summed E-state index contributed by atoms with van der Waals surface area (Å²) in [4.78, 5) is 48.4. The Balaban J connectivity index is 1.62. The average Bonchev–Trinajstić information content (AvgIpc) is 3.43. The van der Waals surface area contributed by atoms with Gasteiger partial charge in [-0.2, -0.15) is 0 Å². The minimum atomic E-state index is -0.462. The fourth-order valence-electron chi connectivity index (χ4n) is 3.16. The van der Waals surface area contributed by atoms with Crippen LogP contribution in [-0.4, -0.2) is 68.9 Å². The molecule has 0 saturated heterocycles. The Morgan fingerprint density at radius 2 is 1.82 bits per heavy atom. The lowest BCUT2D eigenvalue weighted by molar-refractivity contribution is 0.0942. The lowest BCUT2D eigenvalue weighted by atomic mass is 10.3. The number of amides is 3. The zero-order valence-corrected chi connectivity index (χ0v) is 20.1. The Bertz CT molecular complexity index is 1160. The monoisotopic (exact) mass is 472 g/mol. The molecule has 0 unspecified atom stereocenters. The van der Waals surface area contributed by atoms with Crippen LogP contribution in [0.4, 0.5) is 11.5 Å². The van der Waals surface area contributed by atoms with Crippen LogP contribution >= 0.6 is 11.3 Å². The number of imidazole rings is 1. The predicted molar refractivity (Wildman–Crippen MR) is 127 cm³/mol. The number of nitrogens with one attached hydrogen (secondary N) is 3. The predicted octanol–water partition coefficient (Wildman–Crippen LogP) is 1.71. The van der Waals surface area contributed by atoms with E-state index in [2.05, 4.69) is 30.8 Å². The second kappa shape index (κ2) is 10.4. The van der Waals surface area contributed by atoms with E-state index in [0.717, 1.165) is 13.0 Å². The molecular weight excluding hydrogens is 444 g/mol. The van der Waals surface area contributed by atoms with E-state index >= 15 is 0 Å². The molecule has 3 rings (SSSR count). The molecule has 3 aromatic rings. The summed E-state index contributed by atoms with van der Waals surface area (Å²) >= 11 is 1.24. The van der Waals surface area contributed by atoms with Gasteiger partial charge in [0.1, 0.15) is 10.6 Å². The highest BCUT2D eigenvalue weighted by Crippen LogP contribution is 2.17. The molecule has 0 saturated carbocycles. The molecule has 12 heteroatoms. The first-order valence-electron chi connectivity index (χ1n) is 10.3. The van der Waals surface area contributed by atoms with E-state index < -0.39 is 5.91 Å². The molecule has 3 amide bonds. The highest BCUT2D eigenvalue weighted by Gasteiger charge is 2.19. The lowest BCUT2D eigenvalue weighted by Crippen LogP contribution is -2.28. The third-order valence-corrected chi connectivity index (χ3v) is 5.76. The maximum Gasteiger partial charge on any atom is 0.291 e. The van der Waals surface area contributed by atoms with Crippen molar-refractivity contribution in [2.24, 2.45) is 14.1 Å². The molecule has 0 spiro atoms. The first-order chi connectivity index (χ1) is 15.7. The molecule has 0 fully saturated rings. The average molecular weight is 473 g/mol. The Morgan fingerprint density at radius 1 is 1.06 bits per heavy atom. The number of hydrogen-bond donors (Lipinski definition) is 3. The van der Waals surface area contributed by atoms with Gasteiger partial charge >= 0.3 is 0 Å². The van der Waals surface area contributed by atoms with Crippen LogP contribution in [0, 0.1) is 6.92 Å². The molecule has 176 valence electrons. The van der Waals surface area contributed by atoms with Crippen LogP contribution in [0.1, 0.15) is 42.9 Å². The first-order valence-corrected chi connectivity index (χ1v) is 11.2. The number of carbonyl (C=O) groups is 3. The third-order valence-electron chi connectivity index (χ3n) is 4.84. The summed E-state index contributed by atoms with van der Waals surface area (Å²) in [5, 5.41) is 8.31. The van der Waals surface area contributed by atoms with E-state index in [-0.39, 0.29) is 23.5 Å². The number of aryl methyl sites for hydroxylation is 3. The van der Waals surface area contributed by atoms with Gasteiger partial charge in [-0.3, -0.25) is 14.4 Å². The van der Waals surface area contributed by atoms with Crippen molar-refractivity contribution >= 4 is 40.6 Å². The van der Waals surface area contributed by atoms with Gasteiger partial charge in [-0.15, -0.1) is 11.3 Å². The second-order valence-corrected chi connectivity index (χ2v) is 8.73. The van der Waals surface area contributed by atoms with E-state index in [9.17, 15) is 14.4 Å². The van der Waals surface area contributed by atoms with Crippen LogP contribution in [0.2, 0.25) is 0 Å². The van der Waals surface area contributed by atoms with E-state index in [4.69, 9.17) is 0 Å². The van der Waals surface area contributed by atoms with E-state index in [1.54, 1.807) is 49.6 Å². The van der Waals surface area contributed by atoms with Crippen molar-refractivity contribution in [3.63, 3.8) is 0 Å². The van der Waals surface area contributed by atoms with E-state index in [1.165, 1.54) is 15.9 Å². The van der Waals surface area contributed by atoms with Gasteiger partial charge in [-0.05, 0) is 40.1 Å². The maximum absolute atomic E-state index is 12.8. The number of rotatable bonds is 9. The van der Waals surface area contributed by atoms with Crippen molar-refractivity contribution in [3.8, 4) is 0 Å². The minimum absolute atomic E-state index is 0.116. The fourth-order valence-corrected chi connectivity index (χ4v) is 3.86. The molecular formula is C21H28N8O3S. The summed E-state index contributed by atoms with van der Waals surface area (Å²) in [6, 6.07) is 1.61. The maximum atomic E-state index is 12.8. The van der Waals surface area contributed by atoms with Crippen molar-refractivity contribution in [1.29, 1.82) is 0 Å². The topological polar surface area (TPSA) is 126 Å². The van der Waals surface area contributed by atoms with Gasteiger partial charge in [0.05, 0.1) is 16.9 Å². The standard InChI is InChI=1S/C21H28N8O3S/c1-13-17(33-12-23-13)20(31)26-16-11-29(5)18(25-16)21(32)24-14-9-15(28(4)10-14)19(30)22-7-6-8-27(2)3/h9-12H,6-8H2,1-5H3,(H,22,30)(H,24,32)(H,26,31). The lowest BCUT2D eigenvalue weighted by Gasteiger charge is -2.10. The third kappa shape index (κ3) is 6.05. The molecule has 33 heavy (non-hydrogen) atoms. The Labute approximate surface area is 195 Å². The van der Waals surface area contributed by atoms with Crippen molar-refractivity contribution in [2.45, 2.75) is 13.3 Å². The number of anilines is 2. The molecule has 0 aromatic carbocycles. The Kier molecular flexibility index (Phi) is 7.61. The van der Waals surface area contributed by atoms with Gasteiger partial charge in [0.25, 0.3) is 17.7 Å². The number of thiazole rings is 1. The first kappa shape index (κ1) is 24.1. The second-order valence-electron chi connectivity index (χ2n) is 7.87. The van der Waals surface area contributed by atoms with Gasteiger partial charge in [-0.25, -0.2) is 9.97 Å². The highest BCUT2D eigenvalue weighted by molar-refractivity contribution is 7.12. The fraction of sp³-hybridized carbons (Fsp3) is 0.381. The van der Waals surface area contributed by atoms with Gasteiger partial charge in [-0.1, -0.05) is 0 Å². The summed E-state index contributed by atoms with van der Waals surface area (Å²) < 4.78 is 3.17. The minimum Gasteiger partial charge on any atom is -0.351 e. The molecule has 0 aliphatic heterocycles. The number of nitrogens with zero attached hydrogens (tertiary/aromatic N) is 5. The molecule has 0 aliphatic carbocycles. The quantitative estimate of drug-likeness (QED) is 0.407. The summed E-state index contributed by atoms with van der Waals surface area (Å²) in [6.45, 7) is 3.19. The molecule has 0 bridgehead atoms. The van der Waals surface area contributed by atoms with Crippen LogP contribution in [0.3, 0.4) is 0 Å². The molecule has 0 aliphatic rings. The van der Waals surface area contributed by atoms with Crippen LogP contribution in [0.25, 0.3) is 0 Å². The van der Waals surface area contributed by atoms with Crippen LogP contribution in [0.5, 0.6) is 0 Å². The van der Waals surface area contributed by atoms with Crippen LogP contribution in [-0.2, 0) is 14.1 Å². The summed E-state index contributed by atoms with van der Waals surface area (Å²) in [5.41, 5.74) is 3.13. The molecule has 3 aromatic heterocycles.